The summed E-state index contributed by atoms with van der Waals surface area (Å²) in [5, 5.41) is 15.5. The van der Waals surface area contributed by atoms with E-state index >= 15 is 0 Å². The fourth-order valence-electron chi connectivity index (χ4n) is 5.29. The minimum absolute atomic E-state index is 0. The first-order chi connectivity index (χ1) is 25.7. The molecule has 0 aliphatic carbocycles. The molecule has 4 aromatic carbocycles. The van der Waals surface area contributed by atoms with Crippen molar-refractivity contribution in [2.75, 3.05) is 13.2 Å². The minimum Gasteiger partial charge on any atom is -0.609 e. The molecule has 0 spiro atoms. The molecule has 0 saturated carbocycles. The Morgan fingerprint density at radius 2 is 0.614 bits per heavy atom. The second-order valence-corrected chi connectivity index (χ2v) is 21.7. The van der Waals surface area contributed by atoms with E-state index in [1.165, 1.54) is 21.2 Å². The number of hydrogen-bond acceptors (Lipinski definition) is 3. The van der Waals surface area contributed by atoms with Gasteiger partial charge in [-0.05, 0) is 76.6 Å². The smallest absolute Gasteiger partial charge is 0.609 e. The largest absolute Gasteiger partial charge is 2.00 e. The van der Waals surface area contributed by atoms with E-state index < -0.39 is 14.4 Å². The molecule has 0 aromatic heterocycles. The van der Waals surface area contributed by atoms with Gasteiger partial charge in [-0.3, -0.25) is 0 Å². The fourth-order valence-corrected chi connectivity index (χ4v) is 12.7. The van der Waals surface area contributed by atoms with E-state index in [-0.39, 0.29) is 56.9 Å². The third-order valence-electron chi connectivity index (χ3n) is 6.65. The summed E-state index contributed by atoms with van der Waals surface area (Å²) in [6, 6.07) is 42.3. The Balaban J connectivity index is -0.000000824. The van der Waals surface area contributed by atoms with Crippen LogP contribution in [0.4, 0.5) is 0 Å². The zero-order chi connectivity index (χ0) is 42.4. The van der Waals surface area contributed by atoms with Crippen LogP contribution in [-0.2, 0) is 39.5 Å². The number of hydrogen-bond donors (Lipinski definition) is 0. The molecule has 5 nitrogen and oxygen atoms in total. The van der Waals surface area contributed by atoms with Crippen molar-refractivity contribution in [3.05, 3.63) is 145 Å². The summed E-state index contributed by atoms with van der Waals surface area (Å²) in [5.74, 6) is 0. The maximum atomic E-state index is 5.31. The van der Waals surface area contributed by atoms with E-state index in [0.29, 0.717) is 0 Å². The van der Waals surface area contributed by atoms with Crippen LogP contribution in [0, 0.1) is 13.8 Å². The van der Waals surface area contributed by atoms with Crippen LogP contribution in [0.2, 0.25) is 0 Å². The van der Waals surface area contributed by atoms with E-state index in [1.807, 2.05) is 13.8 Å². The molecular weight excluding hydrogens is 814 g/mol. The Labute approximate surface area is 373 Å². The first kappa shape index (κ1) is 59.6. The molecular formula is C48H76Cr2N4OP2. The summed E-state index contributed by atoms with van der Waals surface area (Å²) in [5.41, 5.74) is -0.634. The van der Waals surface area contributed by atoms with Crippen molar-refractivity contribution in [1.82, 2.24) is 0 Å². The van der Waals surface area contributed by atoms with Crippen molar-refractivity contribution in [2.24, 2.45) is 9.49 Å². The average molecular weight is 891 g/mol. The quantitative estimate of drug-likeness (QED) is 0.128. The van der Waals surface area contributed by atoms with Gasteiger partial charge in [-0.25, -0.2) is 0 Å². The SMILES string of the molecule is CC(C)(C)N=P([N-]C(C)(C)C)(c1ccccc1)c1ccccc1.CC(C)(C)N=P([N-]C(C)(C)C)(c1ccccc1)c1ccccc1.CCOCC.[CH2-]C.[CH2-]C.[Cr+2].[Cr+2]. The predicted octanol–water partition coefficient (Wildman–Crippen LogP) is 14.2. The molecule has 0 bridgehead atoms. The molecule has 9 heteroatoms. The Morgan fingerprint density at radius 1 is 0.421 bits per heavy atom. The Bertz CT molecular complexity index is 1460. The third-order valence-corrected chi connectivity index (χ3v) is 14.3. The molecule has 0 atom stereocenters. The van der Waals surface area contributed by atoms with Gasteiger partial charge in [0.15, 0.2) is 0 Å². The maximum absolute atomic E-state index is 5.31. The molecule has 0 unspecified atom stereocenters. The van der Waals surface area contributed by atoms with Gasteiger partial charge in [0.05, 0.1) is 0 Å². The molecule has 0 fully saturated rings. The number of rotatable bonds is 8. The molecule has 0 heterocycles. The van der Waals surface area contributed by atoms with Gasteiger partial charge < -0.3 is 38.2 Å². The summed E-state index contributed by atoms with van der Waals surface area (Å²) in [4.78, 5) is 0. The van der Waals surface area contributed by atoms with Gasteiger partial charge in [0.2, 0.25) is 0 Å². The Morgan fingerprint density at radius 3 is 0.737 bits per heavy atom. The van der Waals surface area contributed by atoms with E-state index in [1.54, 1.807) is 13.8 Å². The zero-order valence-electron chi connectivity index (χ0n) is 38.3. The van der Waals surface area contributed by atoms with Crippen LogP contribution in [0.25, 0.3) is 10.2 Å². The molecule has 0 aliphatic rings. The summed E-state index contributed by atoms with van der Waals surface area (Å²) in [6.45, 7) is 41.6. The summed E-state index contributed by atoms with van der Waals surface area (Å²) in [7, 11) is -4.39. The van der Waals surface area contributed by atoms with Crippen LogP contribution < -0.4 is 21.2 Å². The zero-order valence-corrected chi connectivity index (χ0v) is 42.6. The summed E-state index contributed by atoms with van der Waals surface area (Å²) < 4.78 is 15.5. The molecule has 0 amide bonds. The van der Waals surface area contributed by atoms with Crippen molar-refractivity contribution in [3.8, 4) is 0 Å². The van der Waals surface area contributed by atoms with Crippen molar-refractivity contribution >= 4 is 35.6 Å². The van der Waals surface area contributed by atoms with Gasteiger partial charge in [0.1, 0.15) is 0 Å². The minimum atomic E-state index is -2.19. The maximum Gasteiger partial charge on any atom is 2.00 e. The van der Waals surface area contributed by atoms with Gasteiger partial charge in [-0.15, -0.1) is 11.1 Å². The van der Waals surface area contributed by atoms with Crippen LogP contribution in [0.1, 0.15) is 111 Å². The normalized spacial score (nSPS) is 11.4. The molecule has 57 heavy (non-hydrogen) atoms. The molecule has 316 valence electrons. The second-order valence-electron chi connectivity index (χ2n) is 16.4. The van der Waals surface area contributed by atoms with E-state index in [2.05, 4.69) is 218 Å². The summed E-state index contributed by atoms with van der Waals surface area (Å²) in [6.07, 6.45) is 0. The topological polar surface area (TPSA) is 62.2 Å². The van der Waals surface area contributed by atoms with Crippen LogP contribution in [0.15, 0.2) is 131 Å². The van der Waals surface area contributed by atoms with E-state index in [4.69, 9.17) is 24.4 Å². The van der Waals surface area contributed by atoms with Gasteiger partial charge in [-0.1, -0.05) is 177 Å². The molecule has 0 N–H and O–H groups in total. The average Bonchev–Trinajstić information content (AvgIpc) is 3.13. The van der Waals surface area contributed by atoms with Gasteiger partial charge in [0, 0.05) is 24.3 Å². The van der Waals surface area contributed by atoms with Crippen LogP contribution in [0.3, 0.4) is 0 Å². The monoisotopic (exact) mass is 890 g/mol. The molecule has 0 aliphatic heterocycles. The van der Waals surface area contributed by atoms with Gasteiger partial charge in [0.25, 0.3) is 0 Å². The molecule has 4 rings (SSSR count). The molecule has 0 radical (unpaired) electrons. The van der Waals surface area contributed by atoms with Crippen molar-refractivity contribution in [2.45, 2.75) is 133 Å². The summed E-state index contributed by atoms with van der Waals surface area (Å²) >= 11 is 0. The third kappa shape index (κ3) is 23.0. The molecule has 4 aromatic rings. The predicted molar refractivity (Wildman–Crippen MR) is 253 cm³/mol. The standard InChI is InChI=1S/2C20H28N2P.C4H10O.2C2H5.2Cr/c2*1-19(2,3)21-23(22-20(4,5)6,17-13-9-7-10-14-17)18-15-11-8-12-16-18;1-3-5-4-2;2*1-2;;/h2*7-16H,1-6H3;3-4H2,1-2H3;2*1H2,2H3;;/q2*-1;;2*-1;2*+2. The van der Waals surface area contributed by atoms with Crippen molar-refractivity contribution in [3.63, 3.8) is 0 Å². The second kappa shape index (κ2) is 28.7. The first-order valence-corrected chi connectivity index (χ1v) is 23.0. The van der Waals surface area contributed by atoms with Gasteiger partial charge >= 0.3 is 34.7 Å². The number of nitrogens with zero attached hydrogens (tertiary/aromatic N) is 4. The first-order valence-electron chi connectivity index (χ1n) is 19.6. The fraction of sp³-hybridized carbons (Fsp3) is 0.458. The van der Waals surface area contributed by atoms with Crippen LogP contribution >= 0.6 is 14.4 Å². The van der Waals surface area contributed by atoms with Gasteiger partial charge in [-0.2, -0.15) is 13.8 Å². The molecule has 0 saturated heterocycles. The Kier molecular flexibility index (Phi) is 30.0. The van der Waals surface area contributed by atoms with E-state index in [0.717, 1.165) is 13.2 Å². The van der Waals surface area contributed by atoms with Crippen LogP contribution in [-0.4, -0.2) is 35.4 Å². The van der Waals surface area contributed by atoms with Crippen molar-refractivity contribution in [1.29, 1.82) is 0 Å². The van der Waals surface area contributed by atoms with E-state index in [9.17, 15) is 0 Å². The number of benzene rings is 4. The van der Waals surface area contributed by atoms with Crippen molar-refractivity contribution < 1.29 is 39.5 Å². The number of ether oxygens (including phenoxy) is 1. The Hall–Kier alpha value is -1.72. The van der Waals surface area contributed by atoms with Crippen LogP contribution in [0.5, 0.6) is 0 Å².